The van der Waals surface area contributed by atoms with E-state index < -0.39 is 5.97 Å². The third-order valence-electron chi connectivity index (χ3n) is 1.72. The summed E-state index contributed by atoms with van der Waals surface area (Å²) in [5.41, 5.74) is 0.889. The van der Waals surface area contributed by atoms with Gasteiger partial charge in [0.15, 0.2) is 5.69 Å². The number of nitrogens with zero attached hydrogens (tertiary/aromatic N) is 1. The van der Waals surface area contributed by atoms with E-state index in [9.17, 15) is 4.79 Å². The van der Waals surface area contributed by atoms with Gasteiger partial charge in [-0.2, -0.15) is 0 Å². The zero-order valence-corrected chi connectivity index (χ0v) is 9.00. The van der Waals surface area contributed by atoms with E-state index in [0.717, 1.165) is 5.56 Å². The van der Waals surface area contributed by atoms with Crippen molar-refractivity contribution in [3.8, 4) is 0 Å². The van der Waals surface area contributed by atoms with Gasteiger partial charge in [-0.05, 0) is 33.5 Å². The number of carboxylic acids is 1. The monoisotopic (exact) mass is 243 g/mol. The van der Waals surface area contributed by atoms with Gasteiger partial charge < -0.3 is 5.11 Å². The smallest absolute Gasteiger partial charge is 0.354 e. The Bertz CT molecular complexity index is 336. The normalized spacial score (nSPS) is 10.5. The zero-order chi connectivity index (χ0) is 10.0. The molecule has 70 valence electrons. The van der Waals surface area contributed by atoms with Gasteiger partial charge in [0.25, 0.3) is 0 Å². The number of hydrogen-bond donors (Lipinski definition) is 1. The maximum absolute atomic E-state index is 10.8. The summed E-state index contributed by atoms with van der Waals surface area (Å²) < 4.78 is 0.550. The van der Waals surface area contributed by atoms with Crippen molar-refractivity contribution in [1.82, 2.24) is 4.98 Å². The maximum atomic E-state index is 10.8. The molecular formula is C9H10BrNO2. The van der Waals surface area contributed by atoms with Gasteiger partial charge in [-0.25, -0.2) is 9.78 Å². The summed E-state index contributed by atoms with van der Waals surface area (Å²) >= 11 is 3.14. The molecule has 0 aliphatic carbocycles. The number of carbonyl (C=O) groups is 1. The highest BCUT2D eigenvalue weighted by Crippen LogP contribution is 2.20. The summed E-state index contributed by atoms with van der Waals surface area (Å²) in [6.45, 7) is 3.88. The van der Waals surface area contributed by atoms with Crippen LogP contribution in [0, 0.1) is 0 Å². The maximum Gasteiger partial charge on any atom is 0.354 e. The van der Waals surface area contributed by atoms with Crippen LogP contribution in [0.25, 0.3) is 0 Å². The number of aromatic nitrogens is 1. The molecule has 1 rings (SSSR count). The summed E-state index contributed by atoms with van der Waals surface area (Å²) in [7, 11) is 0. The van der Waals surface area contributed by atoms with Gasteiger partial charge >= 0.3 is 5.97 Å². The molecule has 0 spiro atoms. The number of carboxylic acid groups (broad SMARTS) is 1. The second kappa shape index (κ2) is 3.87. The first-order valence-electron chi connectivity index (χ1n) is 3.92. The summed E-state index contributed by atoms with van der Waals surface area (Å²) in [5.74, 6) is -0.809. The molecule has 0 aliphatic rings. The summed E-state index contributed by atoms with van der Waals surface area (Å²) in [5, 5.41) is 8.86. The lowest BCUT2D eigenvalue weighted by Gasteiger charge is -2.08. The van der Waals surface area contributed by atoms with Crippen molar-refractivity contribution in [3.63, 3.8) is 0 Å². The van der Waals surface area contributed by atoms with Crippen LogP contribution in [0.3, 0.4) is 0 Å². The molecule has 1 heterocycles. The van der Waals surface area contributed by atoms with E-state index in [2.05, 4.69) is 20.9 Å². The Kier molecular flexibility index (Phi) is 3.03. The highest BCUT2D eigenvalue weighted by atomic mass is 79.9. The molecule has 0 amide bonds. The van der Waals surface area contributed by atoms with Crippen LogP contribution in [-0.4, -0.2) is 16.1 Å². The van der Waals surface area contributed by atoms with Crippen molar-refractivity contribution in [2.75, 3.05) is 0 Å². The quantitative estimate of drug-likeness (QED) is 0.813. The van der Waals surface area contributed by atoms with Crippen LogP contribution in [0.15, 0.2) is 16.7 Å². The minimum atomic E-state index is -0.981. The molecule has 3 nitrogen and oxygen atoms in total. The topological polar surface area (TPSA) is 50.2 Å². The molecule has 0 aromatic carbocycles. The van der Waals surface area contributed by atoms with Crippen molar-refractivity contribution >= 4 is 21.9 Å². The average molecular weight is 244 g/mol. The van der Waals surface area contributed by atoms with Gasteiger partial charge in [0.05, 0.1) is 0 Å². The standard InChI is InChI=1S/C9H10BrNO2/c1-5(2)6-3-4-7(10)11-8(6)9(12)13/h3-5H,1-2H3,(H,12,13). The van der Waals surface area contributed by atoms with Gasteiger partial charge in [-0.1, -0.05) is 19.9 Å². The van der Waals surface area contributed by atoms with Crippen LogP contribution < -0.4 is 0 Å². The predicted molar refractivity (Wildman–Crippen MR) is 53.0 cm³/mol. The lowest BCUT2D eigenvalue weighted by molar-refractivity contribution is 0.0688. The van der Waals surface area contributed by atoms with E-state index in [1.165, 1.54) is 0 Å². The largest absolute Gasteiger partial charge is 0.477 e. The number of pyridine rings is 1. The fraction of sp³-hybridized carbons (Fsp3) is 0.333. The van der Waals surface area contributed by atoms with E-state index in [1.807, 2.05) is 13.8 Å². The van der Waals surface area contributed by atoms with E-state index in [1.54, 1.807) is 12.1 Å². The number of aromatic carboxylic acids is 1. The fourth-order valence-electron chi connectivity index (χ4n) is 1.08. The lowest BCUT2D eigenvalue weighted by Crippen LogP contribution is -2.06. The first kappa shape index (κ1) is 10.2. The second-order valence-electron chi connectivity index (χ2n) is 3.03. The van der Waals surface area contributed by atoms with E-state index in [0.29, 0.717) is 4.60 Å². The Balaban J connectivity index is 3.27. The third kappa shape index (κ3) is 2.28. The molecule has 0 saturated carbocycles. The molecule has 0 radical (unpaired) electrons. The van der Waals surface area contributed by atoms with Crippen LogP contribution in [0.5, 0.6) is 0 Å². The molecule has 0 fully saturated rings. The summed E-state index contributed by atoms with van der Waals surface area (Å²) in [6, 6.07) is 3.53. The van der Waals surface area contributed by atoms with E-state index >= 15 is 0 Å². The summed E-state index contributed by atoms with van der Waals surface area (Å²) in [4.78, 5) is 14.7. The zero-order valence-electron chi connectivity index (χ0n) is 7.41. The van der Waals surface area contributed by atoms with Crippen molar-refractivity contribution in [2.45, 2.75) is 19.8 Å². The van der Waals surface area contributed by atoms with Gasteiger partial charge in [0.2, 0.25) is 0 Å². The molecule has 1 aromatic rings. The molecule has 0 aliphatic heterocycles. The summed E-state index contributed by atoms with van der Waals surface area (Å²) in [6.07, 6.45) is 0. The molecule has 0 atom stereocenters. The SMILES string of the molecule is CC(C)c1ccc(Br)nc1C(=O)O. The Morgan fingerprint density at radius 2 is 2.15 bits per heavy atom. The first-order valence-corrected chi connectivity index (χ1v) is 4.71. The van der Waals surface area contributed by atoms with Crippen LogP contribution in [-0.2, 0) is 0 Å². The molecule has 4 heteroatoms. The van der Waals surface area contributed by atoms with Crippen LogP contribution in [0.1, 0.15) is 35.8 Å². The van der Waals surface area contributed by atoms with Gasteiger partial charge in [0, 0.05) is 0 Å². The molecule has 13 heavy (non-hydrogen) atoms. The van der Waals surface area contributed by atoms with Gasteiger partial charge in [0.1, 0.15) is 4.60 Å². The van der Waals surface area contributed by atoms with Crippen LogP contribution >= 0.6 is 15.9 Å². The molecule has 0 bridgehead atoms. The van der Waals surface area contributed by atoms with Gasteiger partial charge in [-0.3, -0.25) is 0 Å². The Hall–Kier alpha value is -0.900. The molecule has 0 saturated heterocycles. The first-order chi connectivity index (χ1) is 6.02. The van der Waals surface area contributed by atoms with E-state index in [4.69, 9.17) is 5.11 Å². The van der Waals surface area contributed by atoms with Crippen molar-refractivity contribution < 1.29 is 9.90 Å². The highest BCUT2D eigenvalue weighted by Gasteiger charge is 2.14. The van der Waals surface area contributed by atoms with Crippen molar-refractivity contribution in [1.29, 1.82) is 0 Å². The van der Waals surface area contributed by atoms with E-state index in [-0.39, 0.29) is 11.6 Å². The van der Waals surface area contributed by atoms with Gasteiger partial charge in [-0.15, -0.1) is 0 Å². The predicted octanol–water partition coefficient (Wildman–Crippen LogP) is 2.67. The van der Waals surface area contributed by atoms with Crippen molar-refractivity contribution in [2.24, 2.45) is 0 Å². The Labute approximate surface area is 84.9 Å². The molecular weight excluding hydrogens is 234 g/mol. The molecule has 1 aromatic heterocycles. The van der Waals surface area contributed by atoms with Crippen molar-refractivity contribution in [3.05, 3.63) is 28.0 Å². The second-order valence-corrected chi connectivity index (χ2v) is 3.84. The lowest BCUT2D eigenvalue weighted by atomic mass is 10.0. The van der Waals surface area contributed by atoms with Crippen LogP contribution in [0.4, 0.5) is 0 Å². The van der Waals surface area contributed by atoms with Crippen LogP contribution in [0.2, 0.25) is 0 Å². The Morgan fingerprint density at radius 1 is 1.54 bits per heavy atom. The fourth-order valence-corrected chi connectivity index (χ4v) is 1.39. The molecule has 0 unspecified atom stereocenters. The highest BCUT2D eigenvalue weighted by molar-refractivity contribution is 9.10. The average Bonchev–Trinajstić information content (AvgIpc) is 2.03. The number of halogens is 1. The third-order valence-corrected chi connectivity index (χ3v) is 2.16. The Morgan fingerprint density at radius 3 is 2.62 bits per heavy atom. The molecule has 1 N–H and O–H groups in total. The number of hydrogen-bond acceptors (Lipinski definition) is 2. The minimum Gasteiger partial charge on any atom is -0.477 e. The minimum absolute atomic E-state index is 0.129. The number of rotatable bonds is 2.